The van der Waals surface area contributed by atoms with Gasteiger partial charge in [-0.15, -0.1) is 0 Å². The minimum absolute atomic E-state index is 0.354. The first kappa shape index (κ1) is 15.5. The van der Waals surface area contributed by atoms with Gasteiger partial charge in [-0.2, -0.15) is 5.10 Å². The molecule has 0 aliphatic heterocycles. The van der Waals surface area contributed by atoms with E-state index in [1.165, 1.54) is 0 Å². The normalized spacial score (nSPS) is 17.6. The molecule has 1 aromatic carbocycles. The number of nitrogens with one attached hydrogen (secondary N) is 2. The first-order valence-corrected chi connectivity index (χ1v) is 8.01. The molecule has 2 aromatic rings. The van der Waals surface area contributed by atoms with Gasteiger partial charge in [0.05, 0.1) is 17.3 Å². The zero-order valence-electron chi connectivity index (χ0n) is 13.2. The van der Waals surface area contributed by atoms with Crippen LogP contribution in [0.1, 0.15) is 54.4 Å². The zero-order chi connectivity index (χ0) is 16.4. The Hall–Kier alpha value is -2.37. The molecule has 0 unspecified atom stereocenters. The molecule has 0 spiro atoms. The fourth-order valence-electron chi connectivity index (χ4n) is 3.40. The number of carbonyl (C=O) groups is 2. The Labute approximate surface area is 134 Å². The number of fused-ring (bicyclic) bond motifs is 1. The smallest absolute Gasteiger partial charge is 0.329 e. The topological polar surface area (TPSA) is 95.1 Å². The average Bonchev–Trinajstić information content (AvgIpc) is 2.84. The molecule has 1 aromatic heterocycles. The third kappa shape index (κ3) is 2.93. The number of amides is 1. The molecule has 1 aliphatic rings. The number of carboxylic acid groups (broad SMARTS) is 1. The van der Waals surface area contributed by atoms with Crippen LogP contribution in [0.4, 0.5) is 0 Å². The number of aliphatic carboxylic acids is 1. The highest BCUT2D eigenvalue weighted by molar-refractivity contribution is 6.07. The second-order valence-corrected chi connectivity index (χ2v) is 6.40. The van der Waals surface area contributed by atoms with Crippen LogP contribution in [0.5, 0.6) is 0 Å². The van der Waals surface area contributed by atoms with Crippen molar-refractivity contribution >= 4 is 22.8 Å². The number of aromatic nitrogens is 2. The second kappa shape index (κ2) is 6.02. The Balaban J connectivity index is 1.95. The quantitative estimate of drug-likeness (QED) is 0.759. The van der Waals surface area contributed by atoms with Gasteiger partial charge in [-0.3, -0.25) is 9.89 Å². The van der Waals surface area contributed by atoms with Crippen LogP contribution >= 0.6 is 0 Å². The Morgan fingerprint density at radius 1 is 1.22 bits per heavy atom. The van der Waals surface area contributed by atoms with E-state index in [4.69, 9.17) is 0 Å². The number of aryl methyl sites for hydroxylation is 1. The van der Waals surface area contributed by atoms with E-state index in [2.05, 4.69) is 15.5 Å². The summed E-state index contributed by atoms with van der Waals surface area (Å²) in [6.07, 6.45) is 6.29. The summed E-state index contributed by atoms with van der Waals surface area (Å²) in [5.41, 5.74) is 0.864. The van der Waals surface area contributed by atoms with E-state index < -0.39 is 11.5 Å². The molecule has 1 saturated carbocycles. The summed E-state index contributed by atoms with van der Waals surface area (Å²) in [4.78, 5) is 24.6. The van der Waals surface area contributed by atoms with Gasteiger partial charge in [0.15, 0.2) is 0 Å². The van der Waals surface area contributed by atoms with Crippen LogP contribution in [0.25, 0.3) is 10.9 Å². The maximum atomic E-state index is 12.8. The van der Waals surface area contributed by atoms with Crippen molar-refractivity contribution in [1.82, 2.24) is 15.5 Å². The SMILES string of the molecule is Cc1cc(C(=O)NC2(C(=O)O)CCCCCC2)c2[nH]ncc2c1. The third-order valence-corrected chi connectivity index (χ3v) is 4.66. The molecule has 23 heavy (non-hydrogen) atoms. The highest BCUT2D eigenvalue weighted by Crippen LogP contribution is 2.28. The molecule has 1 aliphatic carbocycles. The minimum Gasteiger partial charge on any atom is -0.480 e. The fourth-order valence-corrected chi connectivity index (χ4v) is 3.40. The number of hydrogen-bond acceptors (Lipinski definition) is 3. The number of hydrogen-bond donors (Lipinski definition) is 3. The molecule has 1 fully saturated rings. The molecule has 122 valence electrons. The van der Waals surface area contributed by atoms with Gasteiger partial charge in [0, 0.05) is 5.39 Å². The summed E-state index contributed by atoms with van der Waals surface area (Å²) >= 11 is 0. The molecule has 0 bridgehead atoms. The molecule has 1 amide bonds. The van der Waals surface area contributed by atoms with Gasteiger partial charge in [0.2, 0.25) is 0 Å². The number of nitrogens with zero attached hydrogens (tertiary/aromatic N) is 1. The van der Waals surface area contributed by atoms with E-state index in [0.29, 0.717) is 23.9 Å². The predicted molar refractivity (Wildman–Crippen MR) is 86.4 cm³/mol. The van der Waals surface area contributed by atoms with E-state index in [-0.39, 0.29) is 5.91 Å². The van der Waals surface area contributed by atoms with Crippen molar-refractivity contribution in [1.29, 1.82) is 0 Å². The van der Waals surface area contributed by atoms with Crippen LogP contribution < -0.4 is 5.32 Å². The van der Waals surface area contributed by atoms with E-state index in [1.54, 1.807) is 12.3 Å². The van der Waals surface area contributed by atoms with E-state index >= 15 is 0 Å². The van der Waals surface area contributed by atoms with Gasteiger partial charge >= 0.3 is 5.97 Å². The lowest BCUT2D eigenvalue weighted by atomic mass is 9.89. The Kier molecular flexibility index (Phi) is 4.07. The molecule has 0 atom stereocenters. The number of rotatable bonds is 3. The summed E-state index contributed by atoms with van der Waals surface area (Å²) in [5, 5.41) is 20.2. The van der Waals surface area contributed by atoms with Crippen molar-refractivity contribution in [3.05, 3.63) is 29.5 Å². The van der Waals surface area contributed by atoms with E-state index in [1.807, 2.05) is 13.0 Å². The third-order valence-electron chi connectivity index (χ3n) is 4.66. The average molecular weight is 315 g/mol. The standard InChI is InChI=1S/C17H21N3O3/c1-11-8-12-10-18-20-14(12)13(9-11)15(21)19-17(16(22)23)6-4-2-3-5-7-17/h8-10H,2-7H2,1H3,(H,18,20)(H,19,21)(H,22,23). The molecule has 1 heterocycles. The Morgan fingerprint density at radius 2 is 1.91 bits per heavy atom. The van der Waals surface area contributed by atoms with E-state index in [0.717, 1.165) is 36.6 Å². The predicted octanol–water partition coefficient (Wildman–Crippen LogP) is 2.78. The lowest BCUT2D eigenvalue weighted by molar-refractivity contribution is -0.145. The zero-order valence-corrected chi connectivity index (χ0v) is 13.2. The number of aromatic amines is 1. The van der Waals surface area contributed by atoms with Crippen LogP contribution in [-0.2, 0) is 4.79 Å². The van der Waals surface area contributed by atoms with Gasteiger partial charge in [-0.05, 0) is 37.5 Å². The lowest BCUT2D eigenvalue weighted by Gasteiger charge is -2.29. The van der Waals surface area contributed by atoms with Crippen LogP contribution in [0.3, 0.4) is 0 Å². The van der Waals surface area contributed by atoms with Gasteiger partial charge < -0.3 is 10.4 Å². The summed E-state index contributed by atoms with van der Waals surface area (Å²) in [6, 6.07) is 3.70. The molecule has 0 saturated heterocycles. The van der Waals surface area contributed by atoms with Crippen molar-refractivity contribution in [2.24, 2.45) is 0 Å². The number of benzene rings is 1. The minimum atomic E-state index is -1.16. The molecule has 0 radical (unpaired) electrons. The monoisotopic (exact) mass is 315 g/mol. The summed E-state index contributed by atoms with van der Waals surface area (Å²) in [5.74, 6) is -1.30. The molecule has 6 heteroatoms. The highest BCUT2D eigenvalue weighted by Gasteiger charge is 2.40. The van der Waals surface area contributed by atoms with Gasteiger partial charge in [0.1, 0.15) is 5.54 Å². The van der Waals surface area contributed by atoms with Gasteiger partial charge in [0.25, 0.3) is 5.91 Å². The summed E-state index contributed by atoms with van der Waals surface area (Å²) in [6.45, 7) is 1.90. The maximum Gasteiger partial charge on any atom is 0.329 e. The van der Waals surface area contributed by atoms with Crippen molar-refractivity contribution in [3.8, 4) is 0 Å². The number of H-pyrrole nitrogens is 1. The molecular formula is C17H21N3O3. The summed E-state index contributed by atoms with van der Waals surface area (Å²) in [7, 11) is 0. The first-order chi connectivity index (χ1) is 11.0. The van der Waals surface area contributed by atoms with Crippen molar-refractivity contribution in [3.63, 3.8) is 0 Å². The Morgan fingerprint density at radius 3 is 2.57 bits per heavy atom. The maximum absolute atomic E-state index is 12.8. The van der Waals surface area contributed by atoms with Gasteiger partial charge in [-0.1, -0.05) is 25.7 Å². The fraction of sp³-hybridized carbons (Fsp3) is 0.471. The number of carboxylic acids is 1. The van der Waals surface area contributed by atoms with E-state index in [9.17, 15) is 14.7 Å². The van der Waals surface area contributed by atoms with Crippen LogP contribution in [0.15, 0.2) is 18.3 Å². The Bertz CT molecular complexity index is 743. The highest BCUT2D eigenvalue weighted by atomic mass is 16.4. The van der Waals surface area contributed by atoms with Crippen LogP contribution in [-0.4, -0.2) is 32.7 Å². The van der Waals surface area contributed by atoms with Crippen molar-refractivity contribution < 1.29 is 14.7 Å². The largest absolute Gasteiger partial charge is 0.480 e. The molecule has 6 nitrogen and oxygen atoms in total. The lowest BCUT2D eigenvalue weighted by Crippen LogP contribution is -2.54. The second-order valence-electron chi connectivity index (χ2n) is 6.40. The van der Waals surface area contributed by atoms with Crippen LogP contribution in [0.2, 0.25) is 0 Å². The van der Waals surface area contributed by atoms with Crippen molar-refractivity contribution in [2.75, 3.05) is 0 Å². The number of carbonyl (C=O) groups excluding carboxylic acids is 1. The van der Waals surface area contributed by atoms with Crippen LogP contribution in [0, 0.1) is 6.92 Å². The summed E-state index contributed by atoms with van der Waals surface area (Å²) < 4.78 is 0. The van der Waals surface area contributed by atoms with Crippen molar-refractivity contribution in [2.45, 2.75) is 51.0 Å². The van der Waals surface area contributed by atoms with Gasteiger partial charge in [-0.25, -0.2) is 4.79 Å². The first-order valence-electron chi connectivity index (χ1n) is 8.01. The molecular weight excluding hydrogens is 294 g/mol. The molecule has 3 N–H and O–H groups in total. The molecule has 3 rings (SSSR count).